The number of carbonyl (C=O) groups excluding carboxylic acids is 1. The summed E-state index contributed by atoms with van der Waals surface area (Å²) in [6.07, 6.45) is 12.1. The number of fused-ring (bicyclic) bond motifs is 2. The number of nitrogens with zero attached hydrogens (tertiary/aromatic N) is 5. The number of hydrogen-bond acceptors (Lipinski definition) is 6. The third kappa shape index (κ3) is 4.47. The van der Waals surface area contributed by atoms with Crippen molar-refractivity contribution in [2.75, 3.05) is 5.32 Å². The SMILES string of the molecule is O=C(Nc1cncc(-c2cc3c(-c4nc5c(-c6ccc(F)cc6)nccc5[nH]4)n[nH]c3cn2)c1)C1CCCCC1. The lowest BCUT2D eigenvalue weighted by atomic mass is 9.88. The summed E-state index contributed by atoms with van der Waals surface area (Å²) in [5.41, 5.74) is 6.40. The molecule has 1 amide bonds. The fraction of sp³-hybridized carbons (Fsp3) is 0.200. The van der Waals surface area contributed by atoms with E-state index in [4.69, 9.17) is 4.98 Å². The van der Waals surface area contributed by atoms with Crippen molar-refractivity contribution in [2.24, 2.45) is 5.92 Å². The van der Waals surface area contributed by atoms with Crippen molar-refractivity contribution < 1.29 is 9.18 Å². The van der Waals surface area contributed by atoms with Crippen LogP contribution in [-0.2, 0) is 4.79 Å². The number of aromatic amines is 2. The number of halogens is 1. The molecule has 3 N–H and O–H groups in total. The van der Waals surface area contributed by atoms with Gasteiger partial charge in [0.15, 0.2) is 5.82 Å². The first kappa shape index (κ1) is 24.1. The number of pyridine rings is 3. The third-order valence-electron chi connectivity index (χ3n) is 7.47. The Hall–Kier alpha value is -4.99. The maximum absolute atomic E-state index is 13.5. The lowest BCUT2D eigenvalue weighted by Crippen LogP contribution is -2.24. The molecule has 0 unspecified atom stereocenters. The molecule has 0 atom stereocenters. The summed E-state index contributed by atoms with van der Waals surface area (Å²) in [5.74, 6) is 0.376. The molecular weight excluding hydrogens is 507 g/mol. The minimum Gasteiger partial charge on any atom is -0.336 e. The van der Waals surface area contributed by atoms with Crippen molar-refractivity contribution in [3.8, 4) is 34.0 Å². The van der Waals surface area contributed by atoms with Gasteiger partial charge in [0.05, 0.1) is 40.5 Å². The molecule has 1 saturated carbocycles. The fourth-order valence-electron chi connectivity index (χ4n) is 5.38. The Bertz CT molecular complexity index is 1850. The Labute approximate surface area is 228 Å². The molecule has 0 spiro atoms. The van der Waals surface area contributed by atoms with Crippen LogP contribution in [0, 0.1) is 11.7 Å². The number of nitrogens with one attached hydrogen (secondary N) is 3. The molecule has 198 valence electrons. The molecule has 10 heteroatoms. The monoisotopic (exact) mass is 532 g/mol. The van der Waals surface area contributed by atoms with E-state index in [2.05, 4.69) is 35.5 Å². The number of H-pyrrole nitrogens is 2. The van der Waals surface area contributed by atoms with Gasteiger partial charge in [-0.25, -0.2) is 9.37 Å². The molecule has 6 aromatic rings. The molecule has 0 aliphatic heterocycles. The molecule has 0 bridgehead atoms. The van der Waals surface area contributed by atoms with Crippen LogP contribution in [-0.4, -0.2) is 41.0 Å². The summed E-state index contributed by atoms with van der Waals surface area (Å²) < 4.78 is 13.5. The average molecular weight is 533 g/mol. The van der Waals surface area contributed by atoms with Gasteiger partial charge in [0, 0.05) is 34.8 Å². The van der Waals surface area contributed by atoms with Gasteiger partial charge in [-0.3, -0.25) is 24.8 Å². The highest BCUT2D eigenvalue weighted by atomic mass is 19.1. The summed E-state index contributed by atoms with van der Waals surface area (Å²) in [4.78, 5) is 34.4. The van der Waals surface area contributed by atoms with Crippen molar-refractivity contribution >= 4 is 33.5 Å². The Kier molecular flexibility index (Phi) is 5.99. The second kappa shape index (κ2) is 9.96. The highest BCUT2D eigenvalue weighted by Gasteiger charge is 2.21. The predicted molar refractivity (Wildman–Crippen MR) is 151 cm³/mol. The van der Waals surface area contributed by atoms with Gasteiger partial charge in [-0.15, -0.1) is 0 Å². The summed E-state index contributed by atoms with van der Waals surface area (Å²) in [6.45, 7) is 0. The van der Waals surface area contributed by atoms with Crippen molar-refractivity contribution in [1.29, 1.82) is 0 Å². The van der Waals surface area contributed by atoms with Crippen LogP contribution in [0.4, 0.5) is 10.1 Å². The Morgan fingerprint density at radius 2 is 1.75 bits per heavy atom. The van der Waals surface area contributed by atoms with E-state index in [-0.39, 0.29) is 17.6 Å². The molecule has 1 fully saturated rings. The van der Waals surface area contributed by atoms with Gasteiger partial charge in [0.2, 0.25) is 5.91 Å². The topological polar surface area (TPSA) is 125 Å². The van der Waals surface area contributed by atoms with Gasteiger partial charge in [-0.05, 0) is 55.3 Å². The van der Waals surface area contributed by atoms with Gasteiger partial charge in [0.25, 0.3) is 0 Å². The molecule has 7 rings (SSSR count). The number of carbonyl (C=O) groups is 1. The van der Waals surface area contributed by atoms with Crippen LogP contribution in [0.2, 0.25) is 0 Å². The smallest absolute Gasteiger partial charge is 0.227 e. The van der Waals surface area contributed by atoms with Crippen LogP contribution in [0.3, 0.4) is 0 Å². The van der Waals surface area contributed by atoms with E-state index in [1.807, 2.05) is 18.2 Å². The minimum absolute atomic E-state index is 0.0542. The van der Waals surface area contributed by atoms with Crippen LogP contribution in [0.5, 0.6) is 0 Å². The van der Waals surface area contributed by atoms with Crippen LogP contribution in [0.25, 0.3) is 56.0 Å². The van der Waals surface area contributed by atoms with Crippen molar-refractivity contribution in [3.63, 3.8) is 0 Å². The molecule has 5 aromatic heterocycles. The molecule has 1 aliphatic rings. The quantitative estimate of drug-likeness (QED) is 0.240. The maximum Gasteiger partial charge on any atom is 0.227 e. The molecular formula is C30H25FN8O. The Balaban J connectivity index is 1.22. The van der Waals surface area contributed by atoms with Crippen molar-refractivity contribution in [2.45, 2.75) is 32.1 Å². The van der Waals surface area contributed by atoms with E-state index in [9.17, 15) is 9.18 Å². The summed E-state index contributed by atoms with van der Waals surface area (Å²) in [6, 6.07) is 11.9. The number of imidazole rings is 1. The standard InChI is InChI=1S/C30H25FN8O/c31-20-8-6-17(7-9-20)26-28-23(10-11-33-26)36-29(37-28)27-22-13-24(34-16-25(22)38-39-27)19-12-21(15-32-14-19)35-30(40)18-4-2-1-3-5-18/h6-16,18H,1-5H2,(H,35,40)(H,36,37)(H,38,39). The normalized spacial score (nSPS) is 14.1. The number of anilines is 1. The highest BCUT2D eigenvalue weighted by Crippen LogP contribution is 2.32. The van der Waals surface area contributed by atoms with Gasteiger partial charge in [-0.2, -0.15) is 5.10 Å². The van der Waals surface area contributed by atoms with Gasteiger partial charge < -0.3 is 10.3 Å². The third-order valence-corrected chi connectivity index (χ3v) is 7.47. The van der Waals surface area contributed by atoms with Crippen LogP contribution < -0.4 is 5.32 Å². The summed E-state index contributed by atoms with van der Waals surface area (Å²) in [5, 5.41) is 11.4. The summed E-state index contributed by atoms with van der Waals surface area (Å²) >= 11 is 0. The zero-order valence-electron chi connectivity index (χ0n) is 21.5. The number of rotatable bonds is 5. The first-order chi connectivity index (χ1) is 19.6. The second-order valence-electron chi connectivity index (χ2n) is 10.1. The van der Waals surface area contributed by atoms with Crippen molar-refractivity contribution in [3.05, 3.63) is 73.1 Å². The maximum atomic E-state index is 13.5. The number of amides is 1. The van der Waals surface area contributed by atoms with E-state index in [0.29, 0.717) is 34.1 Å². The Morgan fingerprint density at radius 3 is 2.60 bits per heavy atom. The zero-order chi connectivity index (χ0) is 27.1. The van der Waals surface area contributed by atoms with E-state index < -0.39 is 0 Å². The zero-order valence-corrected chi connectivity index (χ0v) is 21.5. The largest absolute Gasteiger partial charge is 0.336 e. The van der Waals surface area contributed by atoms with E-state index in [1.165, 1.54) is 18.6 Å². The lowest BCUT2D eigenvalue weighted by Gasteiger charge is -2.20. The fourth-order valence-corrected chi connectivity index (χ4v) is 5.38. The average Bonchev–Trinajstić information content (AvgIpc) is 3.62. The van der Waals surface area contributed by atoms with Gasteiger partial charge >= 0.3 is 0 Å². The van der Waals surface area contributed by atoms with Crippen LogP contribution in [0.15, 0.2) is 67.3 Å². The number of hydrogen-bond donors (Lipinski definition) is 3. The molecule has 5 heterocycles. The second-order valence-corrected chi connectivity index (χ2v) is 10.1. The lowest BCUT2D eigenvalue weighted by molar-refractivity contribution is -0.120. The van der Waals surface area contributed by atoms with Crippen LogP contribution >= 0.6 is 0 Å². The van der Waals surface area contributed by atoms with E-state index in [1.54, 1.807) is 36.9 Å². The molecule has 1 aliphatic carbocycles. The molecule has 1 aromatic carbocycles. The first-order valence-electron chi connectivity index (χ1n) is 13.3. The summed E-state index contributed by atoms with van der Waals surface area (Å²) in [7, 11) is 0. The van der Waals surface area contributed by atoms with Crippen LogP contribution in [0.1, 0.15) is 32.1 Å². The number of benzene rings is 1. The first-order valence-corrected chi connectivity index (χ1v) is 13.3. The number of aromatic nitrogens is 7. The van der Waals surface area contributed by atoms with Gasteiger partial charge in [0.1, 0.15) is 17.0 Å². The van der Waals surface area contributed by atoms with E-state index in [0.717, 1.165) is 53.2 Å². The van der Waals surface area contributed by atoms with E-state index >= 15 is 0 Å². The Morgan fingerprint density at radius 1 is 0.900 bits per heavy atom. The molecule has 40 heavy (non-hydrogen) atoms. The predicted octanol–water partition coefficient (Wildman–Crippen LogP) is 6.28. The molecule has 9 nitrogen and oxygen atoms in total. The molecule has 0 saturated heterocycles. The highest BCUT2D eigenvalue weighted by molar-refractivity contribution is 5.97. The minimum atomic E-state index is -0.307. The van der Waals surface area contributed by atoms with Gasteiger partial charge in [-0.1, -0.05) is 19.3 Å². The van der Waals surface area contributed by atoms with Crippen molar-refractivity contribution in [1.82, 2.24) is 35.1 Å². The molecule has 0 radical (unpaired) electrons.